The van der Waals surface area contributed by atoms with Gasteiger partial charge in [-0.25, -0.2) is 0 Å². The first kappa shape index (κ1) is 10.6. The summed E-state index contributed by atoms with van der Waals surface area (Å²) in [5.74, 6) is 0.190. The predicted octanol–water partition coefficient (Wildman–Crippen LogP) is 0.156. The zero-order chi connectivity index (χ0) is 10.8. The van der Waals surface area contributed by atoms with E-state index in [1.165, 1.54) is 12.1 Å². The van der Waals surface area contributed by atoms with Crippen molar-refractivity contribution < 1.29 is 4.79 Å². The minimum atomic E-state index is 0.190. The SMILES string of the molecule is CN(C(=O)CN1CC(N)C1)C1=CCCC1. The first-order chi connectivity index (χ1) is 7.16. The van der Waals surface area contributed by atoms with Gasteiger partial charge in [-0.1, -0.05) is 6.08 Å². The molecule has 1 fully saturated rings. The van der Waals surface area contributed by atoms with Crippen LogP contribution in [0.3, 0.4) is 0 Å². The van der Waals surface area contributed by atoms with Crippen LogP contribution in [0.4, 0.5) is 0 Å². The molecular formula is C11H19N3O. The van der Waals surface area contributed by atoms with E-state index >= 15 is 0 Å². The predicted molar refractivity (Wildman–Crippen MR) is 59.1 cm³/mol. The zero-order valence-electron chi connectivity index (χ0n) is 9.28. The van der Waals surface area contributed by atoms with Gasteiger partial charge in [-0.05, 0) is 19.3 Å². The molecule has 1 aliphatic heterocycles. The van der Waals surface area contributed by atoms with Crippen LogP contribution in [0, 0.1) is 0 Å². The van der Waals surface area contributed by atoms with Crippen LogP contribution in [0.5, 0.6) is 0 Å². The number of carbonyl (C=O) groups excluding carboxylic acids is 1. The van der Waals surface area contributed by atoms with Crippen molar-refractivity contribution in [3.63, 3.8) is 0 Å². The van der Waals surface area contributed by atoms with E-state index in [0.717, 1.165) is 25.9 Å². The van der Waals surface area contributed by atoms with E-state index in [9.17, 15) is 4.79 Å². The van der Waals surface area contributed by atoms with Crippen LogP contribution < -0.4 is 5.73 Å². The van der Waals surface area contributed by atoms with Gasteiger partial charge in [0.1, 0.15) is 0 Å². The normalized spacial score (nSPS) is 22.4. The summed E-state index contributed by atoms with van der Waals surface area (Å²) < 4.78 is 0. The Morgan fingerprint density at radius 1 is 1.67 bits per heavy atom. The van der Waals surface area contributed by atoms with Gasteiger partial charge in [0.25, 0.3) is 0 Å². The number of hydrogen-bond acceptors (Lipinski definition) is 3. The highest BCUT2D eigenvalue weighted by Gasteiger charge is 2.26. The Morgan fingerprint density at radius 2 is 2.40 bits per heavy atom. The summed E-state index contributed by atoms with van der Waals surface area (Å²) in [6.45, 7) is 2.23. The lowest BCUT2D eigenvalue weighted by molar-refractivity contribution is -0.130. The van der Waals surface area contributed by atoms with Gasteiger partial charge < -0.3 is 10.6 Å². The van der Waals surface area contributed by atoms with E-state index in [4.69, 9.17) is 5.73 Å². The summed E-state index contributed by atoms with van der Waals surface area (Å²) in [5.41, 5.74) is 6.85. The number of rotatable bonds is 3. The molecule has 2 aliphatic rings. The Kier molecular flexibility index (Phi) is 3.07. The fraction of sp³-hybridized carbons (Fsp3) is 0.727. The quantitative estimate of drug-likeness (QED) is 0.720. The lowest BCUT2D eigenvalue weighted by Crippen LogP contribution is -2.57. The van der Waals surface area contributed by atoms with Gasteiger partial charge >= 0.3 is 0 Å². The molecule has 0 aromatic heterocycles. The fourth-order valence-electron chi connectivity index (χ4n) is 2.15. The molecule has 1 saturated heterocycles. The van der Waals surface area contributed by atoms with Crippen molar-refractivity contribution in [1.29, 1.82) is 0 Å². The van der Waals surface area contributed by atoms with Gasteiger partial charge in [0.15, 0.2) is 0 Å². The van der Waals surface area contributed by atoms with Crippen molar-refractivity contribution in [2.75, 3.05) is 26.7 Å². The van der Waals surface area contributed by atoms with Gasteiger partial charge in [0.05, 0.1) is 6.54 Å². The molecule has 4 heteroatoms. The summed E-state index contributed by atoms with van der Waals surface area (Å²) in [6, 6.07) is 0.272. The van der Waals surface area contributed by atoms with Gasteiger partial charge in [0, 0.05) is 31.9 Å². The first-order valence-electron chi connectivity index (χ1n) is 5.60. The number of hydrogen-bond donors (Lipinski definition) is 1. The largest absolute Gasteiger partial charge is 0.325 e. The van der Waals surface area contributed by atoms with Crippen molar-refractivity contribution in [2.24, 2.45) is 5.73 Å². The fourth-order valence-corrected chi connectivity index (χ4v) is 2.15. The van der Waals surface area contributed by atoms with Gasteiger partial charge in [-0.15, -0.1) is 0 Å². The minimum absolute atomic E-state index is 0.190. The monoisotopic (exact) mass is 209 g/mol. The Hall–Kier alpha value is -0.870. The summed E-state index contributed by atoms with van der Waals surface area (Å²) in [5, 5.41) is 0. The molecule has 2 N–H and O–H groups in total. The maximum atomic E-state index is 11.8. The summed E-state index contributed by atoms with van der Waals surface area (Å²) in [6.07, 6.45) is 5.50. The molecule has 1 heterocycles. The average molecular weight is 209 g/mol. The van der Waals surface area contributed by atoms with E-state index in [1.807, 2.05) is 7.05 Å². The molecular weight excluding hydrogens is 190 g/mol. The molecule has 0 spiro atoms. The number of allylic oxidation sites excluding steroid dienone is 2. The summed E-state index contributed by atoms with van der Waals surface area (Å²) >= 11 is 0. The summed E-state index contributed by atoms with van der Waals surface area (Å²) in [7, 11) is 1.87. The zero-order valence-corrected chi connectivity index (χ0v) is 9.28. The van der Waals surface area contributed by atoms with Crippen molar-refractivity contribution in [3.05, 3.63) is 11.8 Å². The van der Waals surface area contributed by atoms with Crippen LogP contribution in [0.2, 0.25) is 0 Å². The molecule has 0 radical (unpaired) electrons. The second-order valence-electron chi connectivity index (χ2n) is 4.49. The summed E-state index contributed by atoms with van der Waals surface area (Å²) in [4.78, 5) is 15.7. The van der Waals surface area contributed by atoms with Crippen LogP contribution in [-0.2, 0) is 4.79 Å². The topological polar surface area (TPSA) is 49.6 Å². The highest BCUT2D eigenvalue weighted by molar-refractivity contribution is 5.80. The highest BCUT2D eigenvalue weighted by atomic mass is 16.2. The smallest absolute Gasteiger partial charge is 0.240 e. The van der Waals surface area contributed by atoms with Crippen molar-refractivity contribution in [2.45, 2.75) is 25.3 Å². The minimum Gasteiger partial charge on any atom is -0.325 e. The molecule has 0 saturated carbocycles. The van der Waals surface area contributed by atoms with Crippen LogP contribution >= 0.6 is 0 Å². The Balaban J connectivity index is 1.80. The first-order valence-corrected chi connectivity index (χ1v) is 5.60. The number of likely N-dealkylation sites (tertiary alicyclic amines) is 1. The van der Waals surface area contributed by atoms with Crippen LogP contribution in [-0.4, -0.2) is 48.4 Å². The Morgan fingerprint density at radius 3 is 2.93 bits per heavy atom. The molecule has 0 bridgehead atoms. The Bertz CT molecular complexity index is 282. The number of nitrogens with two attached hydrogens (primary N) is 1. The molecule has 4 nitrogen and oxygen atoms in total. The van der Waals surface area contributed by atoms with Crippen molar-refractivity contribution >= 4 is 5.91 Å². The molecule has 0 atom stereocenters. The molecule has 0 aromatic carbocycles. The number of nitrogens with zero attached hydrogens (tertiary/aromatic N) is 2. The van der Waals surface area contributed by atoms with Gasteiger partial charge in [-0.2, -0.15) is 0 Å². The lowest BCUT2D eigenvalue weighted by Gasteiger charge is -2.37. The lowest BCUT2D eigenvalue weighted by atomic mass is 10.1. The molecule has 1 amide bonds. The van der Waals surface area contributed by atoms with Crippen LogP contribution in [0.25, 0.3) is 0 Å². The Labute approximate surface area is 90.7 Å². The van der Waals surface area contributed by atoms with E-state index < -0.39 is 0 Å². The van der Waals surface area contributed by atoms with E-state index in [1.54, 1.807) is 4.90 Å². The molecule has 15 heavy (non-hydrogen) atoms. The third-order valence-electron chi connectivity index (χ3n) is 3.17. The standard InChI is InChI=1S/C11H19N3O/c1-13(10-4-2-3-5-10)11(15)8-14-6-9(12)7-14/h4,9H,2-3,5-8,12H2,1H3. The molecule has 0 unspecified atom stereocenters. The number of carbonyl (C=O) groups is 1. The van der Waals surface area contributed by atoms with E-state index in [0.29, 0.717) is 6.54 Å². The number of amides is 1. The highest BCUT2D eigenvalue weighted by Crippen LogP contribution is 2.20. The number of likely N-dealkylation sites (N-methyl/N-ethyl adjacent to an activating group) is 1. The third-order valence-corrected chi connectivity index (χ3v) is 3.17. The van der Waals surface area contributed by atoms with Crippen molar-refractivity contribution in [3.8, 4) is 0 Å². The van der Waals surface area contributed by atoms with E-state index in [2.05, 4.69) is 11.0 Å². The molecule has 1 aliphatic carbocycles. The van der Waals surface area contributed by atoms with Gasteiger partial charge in [-0.3, -0.25) is 9.69 Å². The second-order valence-corrected chi connectivity index (χ2v) is 4.49. The van der Waals surface area contributed by atoms with Crippen molar-refractivity contribution in [1.82, 2.24) is 9.80 Å². The van der Waals surface area contributed by atoms with E-state index in [-0.39, 0.29) is 11.9 Å². The average Bonchev–Trinajstić information content (AvgIpc) is 2.66. The molecule has 0 aromatic rings. The second kappa shape index (κ2) is 4.33. The van der Waals surface area contributed by atoms with Crippen LogP contribution in [0.1, 0.15) is 19.3 Å². The maximum absolute atomic E-state index is 11.8. The van der Waals surface area contributed by atoms with Crippen LogP contribution in [0.15, 0.2) is 11.8 Å². The molecule has 2 rings (SSSR count). The van der Waals surface area contributed by atoms with Gasteiger partial charge in [0.2, 0.25) is 5.91 Å². The maximum Gasteiger partial charge on any atom is 0.240 e. The molecule has 84 valence electrons. The third kappa shape index (κ3) is 2.38.